The summed E-state index contributed by atoms with van der Waals surface area (Å²) in [7, 11) is 0. The Morgan fingerprint density at radius 2 is 1.59 bits per heavy atom. The molecule has 110 valence electrons. The topological polar surface area (TPSA) is 52.3 Å². The van der Waals surface area contributed by atoms with Gasteiger partial charge in [-0.1, -0.05) is 60.7 Å². The predicted molar refractivity (Wildman–Crippen MR) is 86.9 cm³/mol. The van der Waals surface area contributed by atoms with Crippen molar-refractivity contribution >= 4 is 18.6 Å². The molecule has 22 heavy (non-hydrogen) atoms. The quantitative estimate of drug-likeness (QED) is 0.587. The molecule has 0 aliphatic carbocycles. The van der Waals surface area contributed by atoms with E-state index in [1.165, 1.54) is 0 Å². The molecular weight excluding hydrogens is 298 g/mol. The largest absolute Gasteiger partial charge is 0.408 e. The Kier molecular flexibility index (Phi) is 4.25. The molecule has 1 aromatic heterocycles. The van der Waals surface area contributed by atoms with E-state index in [1.54, 1.807) is 0 Å². The van der Waals surface area contributed by atoms with Crippen LogP contribution in [-0.4, -0.2) is 16.7 Å². The van der Waals surface area contributed by atoms with Crippen molar-refractivity contribution in [3.8, 4) is 28.7 Å². The lowest BCUT2D eigenvalue weighted by Crippen LogP contribution is -2.08. The van der Waals surface area contributed by atoms with E-state index in [-0.39, 0.29) is 11.8 Å². The van der Waals surface area contributed by atoms with Gasteiger partial charge in [-0.15, -0.1) is 0 Å². The summed E-state index contributed by atoms with van der Waals surface area (Å²) in [6.07, 6.45) is -0.0724. The van der Waals surface area contributed by atoms with Crippen LogP contribution in [0.5, 0.6) is 6.08 Å². The molecule has 0 atom stereocenters. The third kappa shape index (κ3) is 3.04. The van der Waals surface area contributed by atoms with Crippen LogP contribution >= 0.6 is 12.6 Å². The van der Waals surface area contributed by atoms with Crippen molar-refractivity contribution in [3.05, 3.63) is 60.7 Å². The van der Waals surface area contributed by atoms with Crippen LogP contribution in [0.15, 0.2) is 65.1 Å². The molecule has 0 saturated carbocycles. The number of hydrogen-bond donors (Lipinski definition) is 1. The molecule has 0 N–H and O–H groups in total. The second-order valence-electron chi connectivity index (χ2n) is 4.52. The van der Waals surface area contributed by atoms with Gasteiger partial charge >= 0.3 is 12.0 Å². The number of rotatable bonds is 4. The Hall–Kier alpha value is -2.53. The van der Waals surface area contributed by atoms with E-state index in [0.717, 1.165) is 11.1 Å². The van der Waals surface area contributed by atoms with Gasteiger partial charge in [0.15, 0.2) is 5.76 Å². The number of carbonyl (C=O) groups is 1. The fourth-order valence-corrected chi connectivity index (χ4v) is 2.12. The molecule has 0 fully saturated rings. The summed E-state index contributed by atoms with van der Waals surface area (Å²) >= 11 is 3.87. The average Bonchev–Trinajstić information content (AvgIpc) is 3.00. The number of carbonyl (C=O) groups excluding carboxylic acids is 1. The molecule has 2 aromatic carbocycles. The average molecular weight is 311 g/mol. The van der Waals surface area contributed by atoms with Crippen molar-refractivity contribution in [1.82, 2.24) is 4.98 Å². The molecule has 0 radical (unpaired) electrons. The molecule has 4 nitrogen and oxygen atoms in total. The number of ether oxygens (including phenoxy) is 1. The number of aromatic nitrogens is 1. The maximum absolute atomic E-state index is 11.4. The first kappa shape index (κ1) is 14.4. The summed E-state index contributed by atoms with van der Waals surface area (Å²) in [5, 5.41) is 0. The van der Waals surface area contributed by atoms with E-state index in [4.69, 9.17) is 9.15 Å². The van der Waals surface area contributed by atoms with Crippen LogP contribution in [-0.2, 0) is 4.79 Å². The summed E-state index contributed by atoms with van der Waals surface area (Å²) in [5.74, 6) is 0.0153. The molecule has 3 aromatic rings. The Balaban J connectivity index is 2.08. The number of benzene rings is 2. The molecule has 1 heterocycles. The highest BCUT2D eigenvalue weighted by Gasteiger charge is 2.19. The van der Waals surface area contributed by atoms with Crippen LogP contribution in [0.1, 0.15) is 0 Å². The highest BCUT2D eigenvalue weighted by molar-refractivity contribution is 7.81. The van der Waals surface area contributed by atoms with Gasteiger partial charge in [0, 0.05) is 11.1 Å². The van der Waals surface area contributed by atoms with Crippen LogP contribution in [0, 0.1) is 0 Å². The maximum Gasteiger partial charge on any atom is 0.402 e. The highest BCUT2D eigenvalue weighted by atomic mass is 32.1. The van der Waals surface area contributed by atoms with Gasteiger partial charge in [0.1, 0.15) is 5.69 Å². The summed E-state index contributed by atoms with van der Waals surface area (Å²) in [4.78, 5) is 15.7. The molecular formula is C17H13NO3S. The molecule has 0 saturated heterocycles. The number of hydrogen-bond acceptors (Lipinski definition) is 5. The molecule has 0 unspecified atom stereocenters. The van der Waals surface area contributed by atoms with E-state index < -0.39 is 5.97 Å². The first-order valence-corrected chi connectivity index (χ1v) is 7.34. The van der Waals surface area contributed by atoms with Gasteiger partial charge in [0.2, 0.25) is 0 Å². The smallest absolute Gasteiger partial charge is 0.402 e. The van der Waals surface area contributed by atoms with Crippen molar-refractivity contribution < 1.29 is 13.9 Å². The third-order valence-electron chi connectivity index (χ3n) is 3.02. The SMILES string of the molecule is O=C(CS)Oc1nc(-c2ccccc2)c(-c2ccccc2)o1. The van der Waals surface area contributed by atoms with E-state index in [0.29, 0.717) is 11.5 Å². The summed E-state index contributed by atoms with van der Waals surface area (Å²) in [5.41, 5.74) is 2.38. The lowest BCUT2D eigenvalue weighted by Gasteiger charge is -2.00. The molecule has 5 heteroatoms. The number of esters is 1. The van der Waals surface area contributed by atoms with E-state index in [1.807, 2.05) is 60.7 Å². The monoisotopic (exact) mass is 311 g/mol. The minimum atomic E-state index is -0.510. The van der Waals surface area contributed by atoms with Crippen LogP contribution in [0.3, 0.4) is 0 Å². The molecule has 0 bridgehead atoms. The third-order valence-corrected chi connectivity index (χ3v) is 3.28. The fourth-order valence-electron chi connectivity index (χ4n) is 2.05. The first-order chi connectivity index (χ1) is 10.8. The second kappa shape index (κ2) is 6.49. The van der Waals surface area contributed by atoms with E-state index in [2.05, 4.69) is 17.6 Å². The van der Waals surface area contributed by atoms with Crippen LogP contribution in [0.2, 0.25) is 0 Å². The van der Waals surface area contributed by atoms with Gasteiger partial charge in [0.05, 0.1) is 5.75 Å². The van der Waals surface area contributed by atoms with Gasteiger partial charge in [-0.3, -0.25) is 4.79 Å². The van der Waals surface area contributed by atoms with Crippen LogP contribution in [0.4, 0.5) is 0 Å². The molecule has 0 aliphatic rings. The van der Waals surface area contributed by atoms with Crippen molar-refractivity contribution in [2.45, 2.75) is 0 Å². The van der Waals surface area contributed by atoms with E-state index >= 15 is 0 Å². The lowest BCUT2D eigenvalue weighted by atomic mass is 10.1. The summed E-state index contributed by atoms with van der Waals surface area (Å²) in [6.45, 7) is 0. The fraction of sp³-hybridized carbons (Fsp3) is 0.0588. The Morgan fingerprint density at radius 3 is 2.18 bits per heavy atom. The molecule has 0 aliphatic heterocycles. The van der Waals surface area contributed by atoms with Crippen LogP contribution in [0.25, 0.3) is 22.6 Å². The second-order valence-corrected chi connectivity index (χ2v) is 4.84. The van der Waals surface area contributed by atoms with Gasteiger partial charge in [-0.25, -0.2) is 0 Å². The molecule has 0 spiro atoms. The molecule has 3 rings (SSSR count). The zero-order chi connectivity index (χ0) is 15.4. The van der Waals surface area contributed by atoms with E-state index in [9.17, 15) is 4.79 Å². The minimum Gasteiger partial charge on any atom is -0.408 e. The van der Waals surface area contributed by atoms with Gasteiger partial charge in [0.25, 0.3) is 0 Å². The van der Waals surface area contributed by atoms with Crippen molar-refractivity contribution in [1.29, 1.82) is 0 Å². The lowest BCUT2D eigenvalue weighted by molar-refractivity contribution is -0.132. The Morgan fingerprint density at radius 1 is 1.00 bits per heavy atom. The number of oxazole rings is 1. The van der Waals surface area contributed by atoms with Crippen LogP contribution < -0.4 is 4.74 Å². The van der Waals surface area contributed by atoms with Gasteiger partial charge in [-0.2, -0.15) is 17.6 Å². The summed E-state index contributed by atoms with van der Waals surface area (Å²) in [6, 6.07) is 19.2. The van der Waals surface area contributed by atoms with Crippen molar-refractivity contribution in [2.75, 3.05) is 5.75 Å². The predicted octanol–water partition coefficient (Wildman–Crippen LogP) is 3.84. The first-order valence-electron chi connectivity index (χ1n) is 6.71. The number of nitrogens with zero attached hydrogens (tertiary/aromatic N) is 1. The van der Waals surface area contributed by atoms with Crippen molar-refractivity contribution in [3.63, 3.8) is 0 Å². The Labute approximate surface area is 133 Å². The normalized spacial score (nSPS) is 10.4. The molecule has 0 amide bonds. The van der Waals surface area contributed by atoms with Crippen molar-refractivity contribution in [2.24, 2.45) is 0 Å². The zero-order valence-corrected chi connectivity index (χ0v) is 12.5. The standard InChI is InChI=1S/C17H13NO3S/c19-14(11-22)20-17-18-15(12-7-3-1-4-8-12)16(21-17)13-9-5-2-6-10-13/h1-10,22H,11H2. The van der Waals surface area contributed by atoms with Gasteiger partial charge in [-0.05, 0) is 0 Å². The summed E-state index contributed by atoms with van der Waals surface area (Å²) < 4.78 is 10.7. The Bertz CT molecular complexity index is 712. The number of thiol groups is 1. The zero-order valence-electron chi connectivity index (χ0n) is 11.6. The van der Waals surface area contributed by atoms with Gasteiger partial charge < -0.3 is 9.15 Å². The maximum atomic E-state index is 11.4. The highest BCUT2D eigenvalue weighted by Crippen LogP contribution is 2.34. The minimum absolute atomic E-state index is 0.0380.